The molecule has 0 aliphatic carbocycles. The van der Waals surface area contributed by atoms with E-state index in [2.05, 4.69) is 27.9 Å². The Bertz CT molecular complexity index is 372. The average Bonchev–Trinajstić information content (AvgIpc) is 2.95. The number of nitrogens with zero attached hydrogens (tertiary/aromatic N) is 1. The van der Waals surface area contributed by atoms with Crippen molar-refractivity contribution < 1.29 is 9.21 Å². The third-order valence-electron chi connectivity index (χ3n) is 2.90. The molecule has 5 heteroatoms. The number of likely N-dealkylation sites (tertiary alicyclic amines) is 1. The van der Waals surface area contributed by atoms with Gasteiger partial charge in [0.05, 0.1) is 6.54 Å². The molecular weight excluding hydrogens is 331 g/mol. The molecule has 0 unspecified atom stereocenters. The highest BCUT2D eigenvalue weighted by molar-refractivity contribution is 14.1. The standard InChI is InChI=1S/C12H17IN2O2/c13-11-4-3-10(17-11)9-14-6-5-12(16)15-7-1-2-8-15/h3-4,14H,1-2,5-9H2. The summed E-state index contributed by atoms with van der Waals surface area (Å²) in [6.07, 6.45) is 2.89. The molecule has 1 aliphatic heterocycles. The van der Waals surface area contributed by atoms with Crippen molar-refractivity contribution in [3.8, 4) is 0 Å². The fourth-order valence-electron chi connectivity index (χ4n) is 1.98. The Morgan fingerprint density at radius 2 is 2.18 bits per heavy atom. The van der Waals surface area contributed by atoms with E-state index in [9.17, 15) is 4.79 Å². The molecule has 1 aromatic heterocycles. The van der Waals surface area contributed by atoms with E-state index >= 15 is 0 Å². The lowest BCUT2D eigenvalue weighted by molar-refractivity contribution is -0.130. The molecule has 1 N–H and O–H groups in total. The molecule has 1 aliphatic rings. The minimum absolute atomic E-state index is 0.268. The summed E-state index contributed by atoms with van der Waals surface area (Å²) in [5.74, 6) is 1.19. The molecular formula is C12H17IN2O2. The maximum absolute atomic E-state index is 11.7. The average molecular weight is 348 g/mol. The van der Waals surface area contributed by atoms with Gasteiger partial charge in [-0.3, -0.25) is 4.79 Å². The van der Waals surface area contributed by atoms with Gasteiger partial charge in [-0.15, -0.1) is 0 Å². The molecule has 0 saturated carbocycles. The predicted molar refractivity (Wildman–Crippen MR) is 73.6 cm³/mol. The van der Waals surface area contributed by atoms with Crippen LogP contribution in [0.3, 0.4) is 0 Å². The highest BCUT2D eigenvalue weighted by atomic mass is 127. The zero-order valence-corrected chi connectivity index (χ0v) is 11.9. The molecule has 0 bridgehead atoms. The summed E-state index contributed by atoms with van der Waals surface area (Å²) in [6, 6.07) is 3.89. The van der Waals surface area contributed by atoms with Gasteiger partial charge < -0.3 is 14.6 Å². The zero-order chi connectivity index (χ0) is 12.1. The summed E-state index contributed by atoms with van der Waals surface area (Å²) in [6.45, 7) is 3.29. The smallest absolute Gasteiger partial charge is 0.223 e. The molecule has 17 heavy (non-hydrogen) atoms. The fourth-order valence-corrected chi connectivity index (χ4v) is 2.44. The fraction of sp³-hybridized carbons (Fsp3) is 0.583. The minimum Gasteiger partial charge on any atom is -0.454 e. The topological polar surface area (TPSA) is 45.5 Å². The number of hydrogen-bond donors (Lipinski definition) is 1. The molecule has 2 heterocycles. The number of hydrogen-bond acceptors (Lipinski definition) is 3. The molecule has 0 spiro atoms. The normalized spacial score (nSPS) is 15.5. The molecule has 1 aromatic rings. The Hall–Kier alpha value is -0.560. The molecule has 4 nitrogen and oxygen atoms in total. The number of rotatable bonds is 5. The third kappa shape index (κ3) is 3.99. The van der Waals surface area contributed by atoms with Gasteiger partial charge in [0.1, 0.15) is 5.76 Å². The van der Waals surface area contributed by atoms with Crippen LogP contribution in [-0.2, 0) is 11.3 Å². The van der Waals surface area contributed by atoms with E-state index in [0.717, 1.165) is 35.5 Å². The van der Waals surface area contributed by atoms with Crippen LogP contribution in [0.25, 0.3) is 0 Å². The first-order valence-corrected chi connectivity index (χ1v) is 7.06. The van der Waals surface area contributed by atoms with Crippen molar-refractivity contribution in [2.75, 3.05) is 19.6 Å². The van der Waals surface area contributed by atoms with Crippen molar-refractivity contribution in [2.45, 2.75) is 25.8 Å². The van der Waals surface area contributed by atoms with Crippen LogP contribution < -0.4 is 5.32 Å². The monoisotopic (exact) mass is 348 g/mol. The lowest BCUT2D eigenvalue weighted by Gasteiger charge is -2.14. The van der Waals surface area contributed by atoms with Crippen molar-refractivity contribution in [3.05, 3.63) is 21.7 Å². The van der Waals surface area contributed by atoms with Gasteiger partial charge in [0.2, 0.25) is 5.91 Å². The number of amides is 1. The maximum atomic E-state index is 11.7. The number of nitrogens with one attached hydrogen (secondary N) is 1. The molecule has 0 aromatic carbocycles. The molecule has 94 valence electrons. The van der Waals surface area contributed by atoms with Crippen LogP contribution in [-0.4, -0.2) is 30.4 Å². The minimum atomic E-state index is 0.268. The van der Waals surface area contributed by atoms with Gasteiger partial charge in [-0.2, -0.15) is 0 Å². The number of carbonyl (C=O) groups excluding carboxylic acids is 1. The second kappa shape index (κ2) is 6.39. The number of furan rings is 1. The Morgan fingerprint density at radius 3 is 2.82 bits per heavy atom. The molecule has 0 radical (unpaired) electrons. The second-order valence-electron chi connectivity index (χ2n) is 4.22. The predicted octanol–water partition coefficient (Wildman–Crippen LogP) is 1.99. The Balaban J connectivity index is 1.61. The third-order valence-corrected chi connectivity index (χ3v) is 3.48. The first kappa shape index (κ1) is 12.9. The molecule has 1 amide bonds. The maximum Gasteiger partial charge on any atom is 0.223 e. The highest BCUT2D eigenvalue weighted by Crippen LogP contribution is 2.10. The highest BCUT2D eigenvalue weighted by Gasteiger charge is 2.16. The van der Waals surface area contributed by atoms with Gasteiger partial charge >= 0.3 is 0 Å². The summed E-state index contributed by atoms with van der Waals surface area (Å²) >= 11 is 2.14. The summed E-state index contributed by atoms with van der Waals surface area (Å²) in [5.41, 5.74) is 0. The molecule has 2 rings (SSSR count). The molecule has 1 fully saturated rings. The van der Waals surface area contributed by atoms with Crippen LogP contribution in [0.15, 0.2) is 16.5 Å². The summed E-state index contributed by atoms with van der Waals surface area (Å²) in [4.78, 5) is 13.7. The largest absolute Gasteiger partial charge is 0.454 e. The van der Waals surface area contributed by atoms with Crippen LogP contribution in [0, 0.1) is 3.77 Å². The van der Waals surface area contributed by atoms with Crippen LogP contribution in [0.4, 0.5) is 0 Å². The van der Waals surface area contributed by atoms with Gasteiger partial charge in [-0.25, -0.2) is 0 Å². The van der Waals surface area contributed by atoms with E-state index in [1.54, 1.807) is 0 Å². The SMILES string of the molecule is O=C(CCNCc1ccc(I)o1)N1CCCC1. The first-order valence-electron chi connectivity index (χ1n) is 5.98. The van der Waals surface area contributed by atoms with E-state index in [-0.39, 0.29) is 5.91 Å². The van der Waals surface area contributed by atoms with Gasteiger partial charge in [-0.05, 0) is 47.6 Å². The summed E-state index contributed by atoms with van der Waals surface area (Å²) in [7, 11) is 0. The zero-order valence-electron chi connectivity index (χ0n) is 9.75. The van der Waals surface area contributed by atoms with Crippen molar-refractivity contribution >= 4 is 28.5 Å². The quantitative estimate of drug-likeness (QED) is 0.654. The number of halogens is 1. The van der Waals surface area contributed by atoms with E-state index in [1.807, 2.05) is 17.0 Å². The summed E-state index contributed by atoms with van der Waals surface area (Å²) in [5, 5.41) is 3.22. The Labute approximate surface area is 115 Å². The van der Waals surface area contributed by atoms with Crippen molar-refractivity contribution in [1.29, 1.82) is 0 Å². The van der Waals surface area contributed by atoms with Crippen LogP contribution in [0.5, 0.6) is 0 Å². The van der Waals surface area contributed by atoms with E-state index in [0.29, 0.717) is 19.5 Å². The molecule has 1 saturated heterocycles. The Kier molecular flexibility index (Phi) is 4.85. The van der Waals surface area contributed by atoms with Crippen molar-refractivity contribution in [2.24, 2.45) is 0 Å². The van der Waals surface area contributed by atoms with Gasteiger partial charge in [0.25, 0.3) is 0 Å². The second-order valence-corrected chi connectivity index (χ2v) is 5.28. The lowest BCUT2D eigenvalue weighted by atomic mass is 10.3. The number of carbonyl (C=O) groups is 1. The van der Waals surface area contributed by atoms with Crippen LogP contribution in [0.1, 0.15) is 25.0 Å². The van der Waals surface area contributed by atoms with Crippen LogP contribution in [0.2, 0.25) is 0 Å². The van der Waals surface area contributed by atoms with Crippen LogP contribution >= 0.6 is 22.6 Å². The van der Waals surface area contributed by atoms with E-state index in [4.69, 9.17) is 4.42 Å². The van der Waals surface area contributed by atoms with E-state index in [1.165, 1.54) is 0 Å². The molecule has 0 atom stereocenters. The lowest BCUT2D eigenvalue weighted by Crippen LogP contribution is -2.30. The van der Waals surface area contributed by atoms with Gasteiger partial charge in [0.15, 0.2) is 3.77 Å². The van der Waals surface area contributed by atoms with E-state index < -0.39 is 0 Å². The summed E-state index contributed by atoms with van der Waals surface area (Å²) < 4.78 is 6.32. The Morgan fingerprint density at radius 1 is 1.41 bits per heavy atom. The first-order chi connectivity index (χ1) is 8.25. The van der Waals surface area contributed by atoms with Crippen molar-refractivity contribution in [1.82, 2.24) is 10.2 Å². The van der Waals surface area contributed by atoms with Gasteiger partial charge in [0, 0.05) is 26.1 Å². The van der Waals surface area contributed by atoms with Crippen molar-refractivity contribution in [3.63, 3.8) is 0 Å². The van der Waals surface area contributed by atoms with Gasteiger partial charge in [-0.1, -0.05) is 0 Å².